The minimum absolute atomic E-state index is 0.0711. The van der Waals surface area contributed by atoms with E-state index in [-0.39, 0.29) is 12.0 Å². The van der Waals surface area contributed by atoms with E-state index in [9.17, 15) is 9.65 Å². The molecule has 4 heteroatoms. The van der Waals surface area contributed by atoms with Gasteiger partial charge >= 0.3 is 0 Å². The van der Waals surface area contributed by atoms with Crippen LogP contribution in [0, 0.1) is 17.2 Å². The van der Waals surface area contributed by atoms with Crippen molar-refractivity contribution in [2.45, 2.75) is 31.5 Å². The molecule has 1 aromatic rings. The summed E-state index contributed by atoms with van der Waals surface area (Å²) in [5, 5.41) is 9.26. The van der Waals surface area contributed by atoms with Gasteiger partial charge in [-0.05, 0) is 43.5 Å². The number of benzene rings is 1. The van der Waals surface area contributed by atoms with E-state index in [4.69, 9.17) is 4.74 Å². The molecule has 0 bridgehead atoms. The van der Waals surface area contributed by atoms with Crippen LogP contribution >= 0.6 is 0 Å². The highest BCUT2D eigenvalue weighted by Crippen LogP contribution is 2.42. The smallest absolute Gasteiger partial charge is 0.119 e. The lowest BCUT2D eigenvalue weighted by atomic mass is 9.81. The van der Waals surface area contributed by atoms with Gasteiger partial charge < -0.3 is 9.64 Å². The molecule has 0 saturated heterocycles. The number of hydrogen-bond acceptors (Lipinski definition) is 3. The highest BCUT2D eigenvalue weighted by Gasteiger charge is 2.40. The van der Waals surface area contributed by atoms with Crippen molar-refractivity contribution >= 4 is 5.69 Å². The maximum absolute atomic E-state index is 13.7. The number of nitrogens with zero attached hydrogens (tertiary/aromatic N) is 2. The molecule has 104 valence electrons. The second-order valence-corrected chi connectivity index (χ2v) is 5.39. The Morgan fingerprint density at radius 1 is 1.30 bits per heavy atom. The van der Waals surface area contributed by atoms with E-state index in [1.807, 2.05) is 30.5 Å². The zero-order valence-corrected chi connectivity index (χ0v) is 11.4. The molecule has 0 aromatic heterocycles. The molecule has 3 nitrogen and oxygen atoms in total. The van der Waals surface area contributed by atoms with E-state index in [1.54, 1.807) is 7.11 Å². The fraction of sp³-hybridized carbons (Fsp3) is 0.438. The molecule has 1 saturated carbocycles. The fourth-order valence-electron chi connectivity index (χ4n) is 3.24. The van der Waals surface area contributed by atoms with Crippen molar-refractivity contribution in [1.82, 2.24) is 0 Å². The SMILES string of the molecule is COc1ccc(N2C=C(C#N)C3CCC(F)CC32)cc1. The quantitative estimate of drug-likeness (QED) is 0.827. The van der Waals surface area contributed by atoms with Crippen LogP contribution in [0.5, 0.6) is 5.75 Å². The topological polar surface area (TPSA) is 36.3 Å². The van der Waals surface area contributed by atoms with Crippen LogP contribution < -0.4 is 9.64 Å². The summed E-state index contributed by atoms with van der Waals surface area (Å²) < 4.78 is 18.9. The van der Waals surface area contributed by atoms with Crippen LogP contribution in [0.2, 0.25) is 0 Å². The summed E-state index contributed by atoms with van der Waals surface area (Å²) in [6, 6.07) is 10.0. The van der Waals surface area contributed by atoms with Crippen LogP contribution in [0.15, 0.2) is 36.0 Å². The molecule has 0 amide bonds. The lowest BCUT2D eigenvalue weighted by Crippen LogP contribution is -2.38. The summed E-state index contributed by atoms with van der Waals surface area (Å²) in [6.07, 6.45) is 2.95. The number of hydrogen-bond donors (Lipinski definition) is 0. The van der Waals surface area contributed by atoms with E-state index < -0.39 is 6.17 Å². The van der Waals surface area contributed by atoms with Gasteiger partial charge in [-0.15, -0.1) is 0 Å². The Kier molecular flexibility index (Phi) is 3.35. The summed E-state index contributed by atoms with van der Waals surface area (Å²) in [5.41, 5.74) is 1.76. The van der Waals surface area contributed by atoms with Crippen LogP contribution in [-0.2, 0) is 0 Å². The lowest BCUT2D eigenvalue weighted by Gasteiger charge is -2.34. The Balaban J connectivity index is 1.90. The van der Waals surface area contributed by atoms with E-state index in [0.29, 0.717) is 12.8 Å². The lowest BCUT2D eigenvalue weighted by molar-refractivity contribution is 0.207. The van der Waals surface area contributed by atoms with Crippen LogP contribution in [0.25, 0.3) is 0 Å². The molecular formula is C16H17FN2O. The van der Waals surface area contributed by atoms with E-state index in [0.717, 1.165) is 23.4 Å². The zero-order chi connectivity index (χ0) is 14.1. The predicted octanol–water partition coefficient (Wildman–Crippen LogP) is 3.43. The number of methoxy groups -OCH3 is 1. The Morgan fingerprint density at radius 3 is 2.70 bits per heavy atom. The van der Waals surface area contributed by atoms with Gasteiger partial charge in [-0.2, -0.15) is 5.26 Å². The van der Waals surface area contributed by atoms with Crippen molar-refractivity contribution in [2.75, 3.05) is 12.0 Å². The largest absolute Gasteiger partial charge is 0.497 e. The number of anilines is 1. The predicted molar refractivity (Wildman–Crippen MR) is 75.2 cm³/mol. The van der Waals surface area contributed by atoms with Crippen molar-refractivity contribution in [3.63, 3.8) is 0 Å². The van der Waals surface area contributed by atoms with Gasteiger partial charge in [0.15, 0.2) is 0 Å². The van der Waals surface area contributed by atoms with Crippen molar-refractivity contribution in [2.24, 2.45) is 5.92 Å². The first-order chi connectivity index (χ1) is 9.72. The summed E-state index contributed by atoms with van der Waals surface area (Å²) >= 11 is 0. The fourth-order valence-corrected chi connectivity index (χ4v) is 3.24. The van der Waals surface area contributed by atoms with Gasteiger partial charge in [0.1, 0.15) is 11.9 Å². The molecule has 0 N–H and O–H groups in total. The molecule has 3 rings (SSSR count). The van der Waals surface area contributed by atoms with Crippen LogP contribution in [0.4, 0.5) is 10.1 Å². The van der Waals surface area contributed by atoms with Gasteiger partial charge in [0.25, 0.3) is 0 Å². The van der Waals surface area contributed by atoms with Gasteiger partial charge in [0, 0.05) is 23.8 Å². The third-order valence-corrected chi connectivity index (χ3v) is 4.29. The van der Waals surface area contributed by atoms with Crippen LogP contribution in [-0.4, -0.2) is 19.3 Å². The second-order valence-electron chi connectivity index (χ2n) is 5.39. The molecule has 0 spiro atoms. The highest BCUT2D eigenvalue weighted by molar-refractivity contribution is 5.57. The van der Waals surface area contributed by atoms with Crippen molar-refractivity contribution in [3.8, 4) is 11.8 Å². The molecular weight excluding hydrogens is 255 g/mol. The average Bonchev–Trinajstić information content (AvgIpc) is 2.85. The molecule has 2 aliphatic rings. The monoisotopic (exact) mass is 272 g/mol. The van der Waals surface area contributed by atoms with Crippen molar-refractivity contribution in [1.29, 1.82) is 5.26 Å². The number of ether oxygens (including phenoxy) is 1. The van der Waals surface area contributed by atoms with Crippen molar-refractivity contribution in [3.05, 3.63) is 36.0 Å². The number of fused-ring (bicyclic) bond motifs is 1. The summed E-state index contributed by atoms with van der Waals surface area (Å²) in [7, 11) is 1.63. The molecule has 1 aromatic carbocycles. The number of alkyl halides is 1. The Hall–Kier alpha value is -2.02. The van der Waals surface area contributed by atoms with Gasteiger partial charge in [0.05, 0.1) is 18.8 Å². The minimum Gasteiger partial charge on any atom is -0.497 e. The highest BCUT2D eigenvalue weighted by atomic mass is 19.1. The van der Waals surface area contributed by atoms with Gasteiger partial charge in [0.2, 0.25) is 0 Å². The Bertz CT molecular complexity index is 561. The first-order valence-electron chi connectivity index (χ1n) is 6.91. The standard InChI is InChI=1S/C16H17FN2O/c1-20-14-5-3-13(4-6-14)19-10-11(9-18)15-7-2-12(17)8-16(15)19/h3-6,10,12,15-16H,2,7-8H2,1H3. The molecule has 1 heterocycles. The van der Waals surface area contributed by atoms with Crippen LogP contribution in [0.1, 0.15) is 19.3 Å². The number of nitriles is 1. The second kappa shape index (κ2) is 5.16. The summed E-state index contributed by atoms with van der Waals surface area (Å²) in [4.78, 5) is 2.05. The molecule has 0 radical (unpaired) electrons. The third-order valence-electron chi connectivity index (χ3n) is 4.29. The molecule has 1 aliphatic heterocycles. The minimum atomic E-state index is -0.761. The van der Waals surface area contributed by atoms with Crippen molar-refractivity contribution < 1.29 is 9.13 Å². The Labute approximate surface area is 118 Å². The first kappa shape index (κ1) is 13.0. The van der Waals surface area contributed by atoms with E-state index in [2.05, 4.69) is 11.0 Å². The van der Waals surface area contributed by atoms with E-state index >= 15 is 0 Å². The van der Waals surface area contributed by atoms with E-state index in [1.165, 1.54) is 0 Å². The molecule has 3 atom stereocenters. The maximum Gasteiger partial charge on any atom is 0.119 e. The molecule has 1 fully saturated rings. The van der Waals surface area contributed by atoms with Gasteiger partial charge in [-0.1, -0.05) is 0 Å². The zero-order valence-electron chi connectivity index (χ0n) is 11.4. The molecule has 3 unspecified atom stereocenters. The summed E-state index contributed by atoms with van der Waals surface area (Å²) in [5.74, 6) is 0.968. The molecule has 20 heavy (non-hydrogen) atoms. The summed E-state index contributed by atoms with van der Waals surface area (Å²) in [6.45, 7) is 0. The first-order valence-corrected chi connectivity index (χ1v) is 6.91. The normalized spacial score (nSPS) is 28.6. The van der Waals surface area contributed by atoms with Crippen LogP contribution in [0.3, 0.4) is 0 Å². The van der Waals surface area contributed by atoms with Gasteiger partial charge in [-0.25, -0.2) is 4.39 Å². The molecule has 1 aliphatic carbocycles. The van der Waals surface area contributed by atoms with Gasteiger partial charge in [-0.3, -0.25) is 0 Å². The number of rotatable bonds is 2. The third kappa shape index (κ3) is 2.14. The average molecular weight is 272 g/mol. The maximum atomic E-state index is 13.7. The number of halogens is 1. The Morgan fingerprint density at radius 2 is 2.05 bits per heavy atom.